The highest BCUT2D eigenvalue weighted by molar-refractivity contribution is 9.11. The van der Waals surface area contributed by atoms with Gasteiger partial charge in [-0.3, -0.25) is 19.5 Å². The Hall–Kier alpha value is -1.02. The van der Waals surface area contributed by atoms with E-state index in [1.165, 1.54) is 29.8 Å². The van der Waals surface area contributed by atoms with E-state index in [0.29, 0.717) is 18.5 Å². The van der Waals surface area contributed by atoms with Gasteiger partial charge in [0.2, 0.25) is 5.91 Å². The molecule has 7 heteroatoms. The predicted molar refractivity (Wildman–Crippen MR) is 143 cm³/mol. The number of piperazine rings is 1. The summed E-state index contributed by atoms with van der Waals surface area (Å²) in [6.45, 7) is 20.1. The van der Waals surface area contributed by atoms with Gasteiger partial charge < -0.3 is 9.69 Å². The van der Waals surface area contributed by atoms with Crippen LogP contribution in [0.15, 0.2) is 22.2 Å². The summed E-state index contributed by atoms with van der Waals surface area (Å²) >= 11 is 3.48. The number of halogens is 1. The standard InChI is InChI=1S/C22H37BrN4O.C2H4O.C2H6/c1-19(5-6-20(2)23)17-25-13-15-26(16-14-25)21-7-11-27(12-8-21)22(28)18-24-9-3-4-10-24;1-2-3;1-2/h5-6,21H,3-4,7-18H2,1-2H3;2H,1H3;1-2H3/b19-5+,20-6+;;. The smallest absolute Gasteiger partial charge is 0.236 e. The van der Waals surface area contributed by atoms with Gasteiger partial charge in [-0.15, -0.1) is 0 Å². The largest absolute Gasteiger partial charge is 0.341 e. The van der Waals surface area contributed by atoms with E-state index in [2.05, 4.69) is 61.5 Å². The first-order valence-corrected chi connectivity index (χ1v) is 13.6. The number of amides is 1. The Labute approximate surface area is 211 Å². The molecule has 0 aromatic carbocycles. The molecule has 0 aromatic rings. The molecule has 3 rings (SSSR count). The second-order valence-corrected chi connectivity index (χ2v) is 10.2. The molecule has 33 heavy (non-hydrogen) atoms. The number of nitrogens with zero attached hydrogens (tertiary/aromatic N) is 4. The van der Waals surface area contributed by atoms with Crippen molar-refractivity contribution in [3.8, 4) is 0 Å². The fourth-order valence-electron chi connectivity index (χ4n) is 4.66. The van der Waals surface area contributed by atoms with Crippen molar-refractivity contribution in [2.45, 2.75) is 66.3 Å². The van der Waals surface area contributed by atoms with E-state index in [-0.39, 0.29) is 0 Å². The predicted octanol–water partition coefficient (Wildman–Crippen LogP) is 4.17. The minimum Gasteiger partial charge on any atom is -0.341 e. The molecule has 0 spiro atoms. The Balaban J connectivity index is 0.00000101. The monoisotopic (exact) mass is 526 g/mol. The second kappa shape index (κ2) is 17.4. The molecule has 6 nitrogen and oxygen atoms in total. The molecule has 0 N–H and O–H groups in total. The molecule has 0 radical (unpaired) electrons. The molecule has 3 fully saturated rings. The summed E-state index contributed by atoms with van der Waals surface area (Å²) in [5.74, 6) is 0.347. The molecule has 3 heterocycles. The van der Waals surface area contributed by atoms with Gasteiger partial charge in [-0.2, -0.15) is 0 Å². The molecule has 3 aliphatic rings. The Morgan fingerprint density at radius 2 is 1.36 bits per heavy atom. The molecule has 3 aliphatic heterocycles. The van der Waals surface area contributed by atoms with Gasteiger partial charge in [-0.1, -0.05) is 47.5 Å². The van der Waals surface area contributed by atoms with Crippen molar-refractivity contribution in [3.63, 3.8) is 0 Å². The maximum Gasteiger partial charge on any atom is 0.236 e. The summed E-state index contributed by atoms with van der Waals surface area (Å²) in [7, 11) is 0. The van der Waals surface area contributed by atoms with Crippen molar-refractivity contribution >= 4 is 28.1 Å². The summed E-state index contributed by atoms with van der Waals surface area (Å²) < 4.78 is 1.17. The summed E-state index contributed by atoms with van der Waals surface area (Å²) in [5, 5.41) is 0. The Bertz CT molecular complexity index is 612. The number of allylic oxidation sites excluding steroid dienone is 3. The number of aldehydes is 1. The zero-order valence-electron chi connectivity index (χ0n) is 21.7. The molecule has 1 amide bonds. The summed E-state index contributed by atoms with van der Waals surface area (Å²) in [6, 6.07) is 0.661. The van der Waals surface area contributed by atoms with E-state index in [4.69, 9.17) is 4.79 Å². The van der Waals surface area contributed by atoms with Crippen LogP contribution in [0.1, 0.15) is 60.3 Å². The van der Waals surface area contributed by atoms with Gasteiger partial charge >= 0.3 is 0 Å². The van der Waals surface area contributed by atoms with Crippen molar-refractivity contribution in [3.05, 3.63) is 22.2 Å². The van der Waals surface area contributed by atoms with Crippen LogP contribution in [0.2, 0.25) is 0 Å². The zero-order valence-corrected chi connectivity index (χ0v) is 23.3. The number of hydrogen-bond donors (Lipinski definition) is 0. The van der Waals surface area contributed by atoms with Gasteiger partial charge in [0.15, 0.2) is 0 Å². The third-order valence-corrected chi connectivity index (χ3v) is 6.63. The molecular formula is C26H47BrN4O2. The lowest BCUT2D eigenvalue weighted by molar-refractivity contribution is -0.133. The zero-order chi connectivity index (χ0) is 24.6. The van der Waals surface area contributed by atoms with Gasteiger partial charge in [0.1, 0.15) is 6.29 Å². The number of piperidine rings is 1. The average Bonchev–Trinajstić information content (AvgIpc) is 3.33. The van der Waals surface area contributed by atoms with Crippen LogP contribution in [0.25, 0.3) is 0 Å². The molecule has 0 aromatic heterocycles. The Kier molecular flexibility index (Phi) is 15.8. The van der Waals surface area contributed by atoms with Crippen molar-refractivity contribution in [1.29, 1.82) is 0 Å². The maximum atomic E-state index is 12.5. The number of carbonyl (C=O) groups is 2. The van der Waals surface area contributed by atoms with Gasteiger partial charge in [-0.25, -0.2) is 0 Å². The van der Waals surface area contributed by atoms with E-state index in [9.17, 15) is 4.79 Å². The van der Waals surface area contributed by atoms with Crippen LogP contribution in [0, 0.1) is 0 Å². The SMILES string of the molecule is C/C(Br)=C\C=C(/C)CN1CCN(C2CCN(C(=O)CN3CCCC3)CC2)CC1.CC.CC=O. The average molecular weight is 528 g/mol. The van der Waals surface area contributed by atoms with Crippen LogP contribution < -0.4 is 0 Å². The highest BCUT2D eigenvalue weighted by atomic mass is 79.9. The topological polar surface area (TPSA) is 47.1 Å². The maximum absolute atomic E-state index is 12.5. The van der Waals surface area contributed by atoms with Crippen LogP contribution in [0.3, 0.4) is 0 Å². The molecule has 3 saturated heterocycles. The highest BCUT2D eigenvalue weighted by Gasteiger charge is 2.29. The first kappa shape index (κ1) is 30.0. The lowest BCUT2D eigenvalue weighted by Gasteiger charge is -2.43. The molecule has 0 saturated carbocycles. The minimum absolute atomic E-state index is 0.347. The summed E-state index contributed by atoms with van der Waals surface area (Å²) in [5.41, 5.74) is 1.41. The van der Waals surface area contributed by atoms with Gasteiger partial charge in [0.25, 0.3) is 0 Å². The third kappa shape index (κ3) is 11.8. The van der Waals surface area contributed by atoms with Gasteiger partial charge in [-0.05, 0) is 64.0 Å². The Morgan fingerprint density at radius 3 is 1.88 bits per heavy atom. The lowest BCUT2D eigenvalue weighted by Crippen LogP contribution is -2.54. The highest BCUT2D eigenvalue weighted by Crippen LogP contribution is 2.19. The minimum atomic E-state index is 0.347. The fraction of sp³-hybridized carbons (Fsp3) is 0.769. The van der Waals surface area contributed by atoms with E-state index in [1.54, 1.807) is 0 Å². The first-order chi connectivity index (χ1) is 15.9. The molecule has 190 valence electrons. The van der Waals surface area contributed by atoms with Crippen molar-refractivity contribution in [2.24, 2.45) is 0 Å². The van der Waals surface area contributed by atoms with Crippen molar-refractivity contribution < 1.29 is 9.59 Å². The molecule has 0 unspecified atom stereocenters. The fourth-order valence-corrected chi connectivity index (χ4v) is 4.79. The third-order valence-electron chi connectivity index (χ3n) is 6.37. The Morgan fingerprint density at radius 1 is 0.848 bits per heavy atom. The van der Waals surface area contributed by atoms with Crippen LogP contribution >= 0.6 is 15.9 Å². The van der Waals surface area contributed by atoms with E-state index < -0.39 is 0 Å². The van der Waals surface area contributed by atoms with E-state index in [1.807, 2.05) is 13.8 Å². The number of likely N-dealkylation sites (tertiary alicyclic amines) is 2. The van der Waals surface area contributed by atoms with Crippen LogP contribution in [-0.2, 0) is 9.59 Å². The number of hydrogen-bond acceptors (Lipinski definition) is 5. The van der Waals surface area contributed by atoms with E-state index in [0.717, 1.165) is 78.0 Å². The van der Waals surface area contributed by atoms with Crippen molar-refractivity contribution in [1.82, 2.24) is 19.6 Å². The van der Waals surface area contributed by atoms with Gasteiger partial charge in [0, 0.05) is 51.9 Å². The second-order valence-electron chi connectivity index (χ2n) is 8.91. The van der Waals surface area contributed by atoms with E-state index >= 15 is 0 Å². The molecular weight excluding hydrogens is 480 g/mol. The molecule has 0 aliphatic carbocycles. The van der Waals surface area contributed by atoms with Gasteiger partial charge in [0.05, 0.1) is 6.54 Å². The quantitative estimate of drug-likeness (QED) is 0.384. The summed E-state index contributed by atoms with van der Waals surface area (Å²) in [6.07, 6.45) is 9.88. The molecule has 0 atom stereocenters. The molecule has 0 bridgehead atoms. The normalized spacial score (nSPS) is 21.7. The van der Waals surface area contributed by atoms with Crippen LogP contribution in [-0.4, -0.2) is 103 Å². The lowest BCUT2D eigenvalue weighted by atomic mass is 10.0. The number of rotatable bonds is 6. The summed E-state index contributed by atoms with van der Waals surface area (Å²) in [4.78, 5) is 31.0. The van der Waals surface area contributed by atoms with Crippen LogP contribution in [0.5, 0.6) is 0 Å². The number of carbonyl (C=O) groups excluding carboxylic acids is 2. The van der Waals surface area contributed by atoms with Crippen LogP contribution in [0.4, 0.5) is 0 Å². The van der Waals surface area contributed by atoms with Crippen molar-refractivity contribution in [2.75, 3.05) is 65.4 Å². The first-order valence-electron chi connectivity index (χ1n) is 12.8.